The average molecular weight is 571 g/mol. The number of aryl methyl sites for hydroxylation is 2. The van der Waals surface area contributed by atoms with Gasteiger partial charge in [0.05, 0.1) is 0 Å². The summed E-state index contributed by atoms with van der Waals surface area (Å²) in [7, 11) is -1.43. The van der Waals surface area contributed by atoms with E-state index in [0.29, 0.717) is 0 Å². The molecule has 0 radical (unpaired) electrons. The first-order valence-electron chi connectivity index (χ1n) is 13.8. The highest BCUT2D eigenvalue weighted by atomic mass is 32.1. The van der Waals surface area contributed by atoms with Gasteiger partial charge in [0, 0.05) is 15.1 Å². The van der Waals surface area contributed by atoms with Crippen LogP contribution < -0.4 is 31.1 Å². The topological polar surface area (TPSA) is 0 Å². The highest BCUT2D eigenvalue weighted by molar-refractivity contribution is 7.84. The molecule has 0 atom stereocenters. The molecule has 0 bridgehead atoms. The molecule has 0 unspecified atom stereocenters. The Kier molecular flexibility index (Phi) is 8.36. The number of hydrogen-bond acceptors (Lipinski definition) is 1. The van der Waals surface area contributed by atoms with E-state index < -0.39 is 15.8 Å². The van der Waals surface area contributed by atoms with Crippen LogP contribution in [0, 0.1) is 6.92 Å². The Labute approximate surface area is 244 Å². The van der Waals surface area contributed by atoms with E-state index in [2.05, 4.69) is 159 Å². The molecule has 6 rings (SSSR count). The molecule has 3 heteroatoms. The Bertz CT molecular complexity index is 1600. The molecule has 0 saturated carbocycles. The lowest BCUT2D eigenvalue weighted by Gasteiger charge is -2.26. The van der Waals surface area contributed by atoms with Gasteiger partial charge in [-0.15, -0.1) is 11.3 Å². The summed E-state index contributed by atoms with van der Waals surface area (Å²) in [5.41, 5.74) is 4.27. The van der Waals surface area contributed by atoms with Crippen LogP contribution in [-0.2, 0) is 6.42 Å². The van der Waals surface area contributed by atoms with Crippen molar-refractivity contribution in [3.05, 3.63) is 156 Å². The Hall–Kier alpha value is -3.34. The van der Waals surface area contributed by atoms with Crippen LogP contribution in [0.1, 0.15) is 17.4 Å². The molecule has 1 aromatic heterocycles. The minimum atomic E-state index is -0.731. The molecule has 0 aliphatic heterocycles. The Balaban J connectivity index is 1.63. The van der Waals surface area contributed by atoms with E-state index in [4.69, 9.17) is 0 Å². The zero-order valence-corrected chi connectivity index (χ0v) is 25.5. The maximum atomic E-state index is 2.46. The molecule has 0 saturated heterocycles. The summed E-state index contributed by atoms with van der Waals surface area (Å²) in [6, 6.07) is 53.9. The largest absolute Gasteiger partial charge is 0.139 e. The van der Waals surface area contributed by atoms with Crippen LogP contribution in [0.5, 0.6) is 0 Å². The fourth-order valence-electron chi connectivity index (χ4n) is 5.34. The first kappa shape index (κ1) is 26.9. The lowest BCUT2D eigenvalue weighted by Crippen LogP contribution is -2.25. The second kappa shape index (κ2) is 12.4. The predicted octanol–water partition coefficient (Wildman–Crippen LogP) is 7.80. The summed E-state index contributed by atoms with van der Waals surface area (Å²) < 4.78 is 1.49. The van der Waals surface area contributed by atoms with Crippen molar-refractivity contribution in [1.29, 1.82) is 0 Å². The molecule has 196 valence electrons. The lowest BCUT2D eigenvalue weighted by molar-refractivity contribution is 1.15. The summed E-state index contributed by atoms with van der Waals surface area (Å²) in [6.45, 7) is 4.57. The highest BCUT2D eigenvalue weighted by Crippen LogP contribution is 2.44. The van der Waals surface area contributed by atoms with Crippen LogP contribution in [0.2, 0.25) is 0 Å². The third-order valence-electron chi connectivity index (χ3n) is 7.12. The predicted molar refractivity (Wildman–Crippen MR) is 181 cm³/mol. The van der Waals surface area contributed by atoms with Gasteiger partial charge in [0.1, 0.15) is 0 Å². The maximum absolute atomic E-state index is 2.46. The van der Waals surface area contributed by atoms with Crippen molar-refractivity contribution in [3.8, 4) is 11.1 Å². The molecule has 40 heavy (non-hydrogen) atoms. The summed E-state index contributed by atoms with van der Waals surface area (Å²) >= 11 is 1.97. The first-order valence-corrected chi connectivity index (χ1v) is 17.3. The van der Waals surface area contributed by atoms with Gasteiger partial charge in [0.15, 0.2) is 0 Å². The minimum Gasteiger partial charge on any atom is -0.139 e. The second-order valence-electron chi connectivity index (χ2n) is 9.75. The Morgan fingerprint density at radius 1 is 0.525 bits per heavy atom. The van der Waals surface area contributed by atoms with Gasteiger partial charge in [-0.1, -0.05) is 146 Å². The van der Waals surface area contributed by atoms with Gasteiger partial charge < -0.3 is 0 Å². The van der Waals surface area contributed by atoms with Gasteiger partial charge in [-0.2, -0.15) is 0 Å². The third kappa shape index (κ3) is 5.48. The molecule has 0 amide bonds. The minimum absolute atomic E-state index is 0.701. The number of thiophene rings is 1. The molecule has 6 aromatic rings. The molecule has 0 spiro atoms. The standard InChI is InChI=1S/C37H32P2S/c1-3-29-17-16-26-35(38(30-18-8-4-9-19-30)31-20-10-5-11-21-31)36(29)34-27-28(2)40-37(34)39(32-22-12-6-13-23-32)33-24-14-7-15-25-33/h4-27H,3H2,1-2H3. The van der Waals surface area contributed by atoms with Crippen LogP contribution >= 0.6 is 27.2 Å². The van der Waals surface area contributed by atoms with Crippen molar-refractivity contribution < 1.29 is 0 Å². The Morgan fingerprint density at radius 2 is 0.975 bits per heavy atom. The highest BCUT2D eigenvalue weighted by Gasteiger charge is 2.28. The van der Waals surface area contributed by atoms with E-state index in [1.165, 1.54) is 52.7 Å². The third-order valence-corrected chi connectivity index (χ3v) is 13.6. The van der Waals surface area contributed by atoms with Crippen LogP contribution in [-0.4, -0.2) is 0 Å². The van der Waals surface area contributed by atoms with Crippen LogP contribution in [0.4, 0.5) is 0 Å². The SMILES string of the molecule is CCc1cccc(P(c2ccccc2)c2ccccc2)c1-c1cc(C)sc1P(c1ccccc1)c1ccccc1. The molecule has 0 aliphatic rings. The maximum Gasteiger partial charge on any atom is 0.0449 e. The van der Waals surface area contributed by atoms with Crippen LogP contribution in [0.25, 0.3) is 11.1 Å². The molecule has 0 aliphatic carbocycles. The van der Waals surface area contributed by atoms with Crippen molar-refractivity contribution in [1.82, 2.24) is 0 Å². The van der Waals surface area contributed by atoms with Crippen molar-refractivity contribution in [2.45, 2.75) is 20.3 Å². The monoisotopic (exact) mass is 570 g/mol. The smallest absolute Gasteiger partial charge is 0.0449 e. The quantitative estimate of drug-likeness (QED) is 0.164. The molecule has 5 aromatic carbocycles. The molecule has 0 fully saturated rings. The summed E-state index contributed by atoms with van der Waals surface area (Å²) in [5.74, 6) is 0. The summed E-state index contributed by atoms with van der Waals surface area (Å²) in [4.78, 5) is 1.37. The van der Waals surface area contributed by atoms with Crippen molar-refractivity contribution in [3.63, 3.8) is 0 Å². The fraction of sp³-hybridized carbons (Fsp3) is 0.0811. The van der Waals surface area contributed by atoms with Gasteiger partial charge >= 0.3 is 0 Å². The molecular formula is C37H32P2S. The fourth-order valence-corrected chi connectivity index (χ4v) is 12.2. The normalized spacial score (nSPS) is 11.3. The van der Waals surface area contributed by atoms with Gasteiger partial charge in [-0.25, -0.2) is 0 Å². The van der Waals surface area contributed by atoms with Crippen molar-refractivity contribution in [2.75, 3.05) is 0 Å². The van der Waals surface area contributed by atoms with E-state index in [0.717, 1.165) is 6.42 Å². The average Bonchev–Trinajstić information content (AvgIpc) is 3.39. The van der Waals surface area contributed by atoms with Crippen molar-refractivity contribution >= 4 is 58.3 Å². The zero-order valence-electron chi connectivity index (χ0n) is 22.9. The number of benzene rings is 5. The van der Waals surface area contributed by atoms with E-state index in [1.54, 1.807) is 0 Å². The number of hydrogen-bond donors (Lipinski definition) is 0. The number of rotatable bonds is 8. The second-order valence-corrected chi connectivity index (χ2v) is 15.6. The van der Waals surface area contributed by atoms with E-state index in [1.807, 2.05) is 11.3 Å². The molecule has 1 heterocycles. The van der Waals surface area contributed by atoms with Gasteiger partial charge in [-0.3, -0.25) is 0 Å². The summed E-state index contributed by atoms with van der Waals surface area (Å²) in [5, 5.41) is 7.02. The summed E-state index contributed by atoms with van der Waals surface area (Å²) in [6.07, 6.45) is 0.999. The molecule has 0 nitrogen and oxygen atoms in total. The van der Waals surface area contributed by atoms with Crippen LogP contribution in [0.3, 0.4) is 0 Å². The van der Waals surface area contributed by atoms with E-state index >= 15 is 0 Å². The van der Waals surface area contributed by atoms with Gasteiger partial charge in [-0.05, 0) is 72.9 Å². The van der Waals surface area contributed by atoms with E-state index in [-0.39, 0.29) is 0 Å². The Morgan fingerprint density at radius 3 is 1.43 bits per heavy atom. The molecular weight excluding hydrogens is 538 g/mol. The van der Waals surface area contributed by atoms with Crippen LogP contribution in [0.15, 0.2) is 146 Å². The first-order chi connectivity index (χ1) is 19.7. The molecule has 0 N–H and O–H groups in total. The van der Waals surface area contributed by atoms with E-state index in [9.17, 15) is 0 Å². The van der Waals surface area contributed by atoms with Gasteiger partial charge in [0.2, 0.25) is 0 Å². The van der Waals surface area contributed by atoms with Gasteiger partial charge in [0.25, 0.3) is 0 Å². The lowest BCUT2D eigenvalue weighted by atomic mass is 10.00. The van der Waals surface area contributed by atoms with Crippen molar-refractivity contribution in [2.24, 2.45) is 0 Å². The zero-order chi connectivity index (χ0) is 27.3.